The molecule has 0 saturated heterocycles. The molecule has 0 aliphatic rings. The van der Waals surface area contributed by atoms with E-state index < -0.39 is 12.1 Å². The van der Waals surface area contributed by atoms with Crippen molar-refractivity contribution in [3.63, 3.8) is 0 Å². The van der Waals surface area contributed by atoms with E-state index in [-0.39, 0.29) is 18.5 Å². The summed E-state index contributed by atoms with van der Waals surface area (Å²) in [5.74, 6) is -0.0136. The van der Waals surface area contributed by atoms with Gasteiger partial charge in [0.25, 0.3) is 0 Å². The third-order valence-corrected chi connectivity index (χ3v) is 17.3. The lowest BCUT2D eigenvalue weighted by Gasteiger charge is -2.22. The van der Waals surface area contributed by atoms with Gasteiger partial charge in [-0.2, -0.15) is 0 Å². The minimum Gasteiger partial charge on any atom is -0.466 e. The number of rotatable bonds is 69. The van der Waals surface area contributed by atoms with Crippen molar-refractivity contribution in [2.75, 3.05) is 13.2 Å². The predicted molar refractivity (Wildman–Crippen MR) is 347 cm³/mol. The van der Waals surface area contributed by atoms with Crippen molar-refractivity contribution in [3.05, 3.63) is 12.2 Å². The number of hydrogen-bond donors (Lipinski definition) is 3. The topological polar surface area (TPSA) is 95.9 Å². The summed E-state index contributed by atoms with van der Waals surface area (Å²) in [6.45, 7) is 4.96. The number of aliphatic hydroxyl groups excluding tert-OH is 2. The Balaban J connectivity index is 3.30. The molecular formula is C73H143NO5. The molecule has 0 fully saturated rings. The second-order valence-electron chi connectivity index (χ2n) is 25.3. The summed E-state index contributed by atoms with van der Waals surface area (Å²) in [7, 11) is 0. The average molecular weight is 1110 g/mol. The predicted octanol–water partition coefficient (Wildman–Crippen LogP) is 23.5. The highest BCUT2D eigenvalue weighted by molar-refractivity contribution is 5.76. The first-order chi connectivity index (χ1) is 39.0. The minimum absolute atomic E-state index is 0.0122. The molecule has 0 aliphatic heterocycles. The molecule has 0 heterocycles. The minimum atomic E-state index is -0.660. The van der Waals surface area contributed by atoms with Crippen LogP contribution in [-0.4, -0.2) is 47.4 Å². The molecule has 0 aliphatic carbocycles. The van der Waals surface area contributed by atoms with Crippen LogP contribution in [0.15, 0.2) is 12.2 Å². The quantitative estimate of drug-likeness (QED) is 0.0320. The molecule has 79 heavy (non-hydrogen) atoms. The fourth-order valence-corrected chi connectivity index (χ4v) is 11.7. The Bertz CT molecular complexity index is 1190. The second kappa shape index (κ2) is 69.1. The molecule has 1 amide bonds. The zero-order chi connectivity index (χ0) is 57.1. The van der Waals surface area contributed by atoms with E-state index in [2.05, 4.69) is 31.3 Å². The maximum atomic E-state index is 12.5. The van der Waals surface area contributed by atoms with Gasteiger partial charge in [-0.3, -0.25) is 9.59 Å². The van der Waals surface area contributed by atoms with E-state index in [1.165, 1.54) is 340 Å². The number of carbonyl (C=O) groups is 2. The molecule has 6 heteroatoms. The lowest BCUT2D eigenvalue weighted by molar-refractivity contribution is -0.143. The standard InChI is InChI=1S/C73H143NO5/c1-3-5-7-9-11-13-15-16-17-39-42-46-49-53-57-61-65-71(76)70(69-75)74-72(77)66-62-58-54-50-47-43-40-37-35-33-31-29-27-25-23-21-19-18-20-22-24-26-28-30-32-34-36-38-41-44-48-52-56-60-64-68-79-73(78)67-63-59-55-51-45-14-12-10-8-6-4-2/h10,12,70-71,75-76H,3-9,11,13-69H2,1-2H3,(H,74,77)/b12-10-. The highest BCUT2D eigenvalue weighted by atomic mass is 16.5. The number of hydrogen-bond acceptors (Lipinski definition) is 5. The summed E-state index contributed by atoms with van der Waals surface area (Å²) in [5.41, 5.74) is 0. The Hall–Kier alpha value is -1.40. The molecule has 6 nitrogen and oxygen atoms in total. The smallest absolute Gasteiger partial charge is 0.305 e. The van der Waals surface area contributed by atoms with Gasteiger partial charge in [-0.25, -0.2) is 0 Å². The molecule has 0 radical (unpaired) electrons. The van der Waals surface area contributed by atoms with Crippen molar-refractivity contribution in [1.82, 2.24) is 5.32 Å². The van der Waals surface area contributed by atoms with E-state index >= 15 is 0 Å². The third kappa shape index (κ3) is 65.6. The van der Waals surface area contributed by atoms with Gasteiger partial charge in [0.05, 0.1) is 25.4 Å². The lowest BCUT2D eigenvalue weighted by atomic mass is 10.0. The number of ether oxygens (including phenoxy) is 1. The maximum absolute atomic E-state index is 12.5. The first-order valence-electron chi connectivity index (χ1n) is 36.4. The SMILES string of the molecule is CCCC/C=C\CCCCCCCC(=O)OCCCCCCCCCCCCCCCCCCCCCCCCCCCCCCCCCCCCCC(=O)NC(CO)C(O)CCCCCCCCCCCCCCCCCC. The van der Waals surface area contributed by atoms with Crippen molar-refractivity contribution < 1.29 is 24.5 Å². The van der Waals surface area contributed by atoms with Gasteiger partial charge in [-0.1, -0.05) is 373 Å². The van der Waals surface area contributed by atoms with Crippen LogP contribution in [0.25, 0.3) is 0 Å². The van der Waals surface area contributed by atoms with Gasteiger partial charge < -0.3 is 20.3 Å². The summed E-state index contributed by atoms with van der Waals surface area (Å²) in [5, 5.41) is 23.4. The van der Waals surface area contributed by atoms with Gasteiger partial charge >= 0.3 is 5.97 Å². The lowest BCUT2D eigenvalue weighted by Crippen LogP contribution is -2.45. The molecule has 0 aromatic heterocycles. The second-order valence-corrected chi connectivity index (χ2v) is 25.3. The normalized spacial score (nSPS) is 12.5. The molecule has 0 aromatic carbocycles. The number of esters is 1. The number of carbonyl (C=O) groups excluding carboxylic acids is 2. The van der Waals surface area contributed by atoms with Crippen LogP contribution in [0.4, 0.5) is 0 Å². The van der Waals surface area contributed by atoms with Crippen molar-refractivity contribution in [2.24, 2.45) is 0 Å². The summed E-state index contributed by atoms with van der Waals surface area (Å²) in [6.07, 6.45) is 85.7. The van der Waals surface area contributed by atoms with Crippen molar-refractivity contribution >= 4 is 11.9 Å². The fourth-order valence-electron chi connectivity index (χ4n) is 11.7. The molecule has 0 bridgehead atoms. The van der Waals surface area contributed by atoms with Crippen molar-refractivity contribution in [2.45, 2.75) is 431 Å². The Kier molecular flexibility index (Phi) is 67.9. The molecule has 3 N–H and O–H groups in total. The van der Waals surface area contributed by atoms with Crippen LogP contribution in [0.1, 0.15) is 418 Å². The molecule has 470 valence electrons. The number of unbranched alkanes of at least 4 members (excludes halogenated alkanes) is 56. The zero-order valence-corrected chi connectivity index (χ0v) is 53.9. The Morgan fingerprint density at radius 1 is 0.342 bits per heavy atom. The Labute approximate surface area is 495 Å². The molecule has 2 atom stereocenters. The van der Waals surface area contributed by atoms with Crippen LogP contribution >= 0.6 is 0 Å². The van der Waals surface area contributed by atoms with E-state index in [9.17, 15) is 19.8 Å². The monoisotopic (exact) mass is 1110 g/mol. The first-order valence-corrected chi connectivity index (χ1v) is 36.4. The molecule has 0 aromatic rings. The van der Waals surface area contributed by atoms with E-state index in [1.54, 1.807) is 0 Å². The maximum Gasteiger partial charge on any atom is 0.305 e. The first kappa shape index (κ1) is 77.6. The van der Waals surface area contributed by atoms with Crippen molar-refractivity contribution in [1.29, 1.82) is 0 Å². The van der Waals surface area contributed by atoms with Gasteiger partial charge in [-0.05, 0) is 44.9 Å². The number of allylic oxidation sites excluding steroid dienone is 2. The summed E-state index contributed by atoms with van der Waals surface area (Å²) >= 11 is 0. The van der Waals surface area contributed by atoms with Crippen LogP contribution in [0.2, 0.25) is 0 Å². The van der Waals surface area contributed by atoms with E-state index in [0.29, 0.717) is 25.9 Å². The molecule has 0 rings (SSSR count). The van der Waals surface area contributed by atoms with Crippen LogP contribution in [0.5, 0.6) is 0 Å². The fraction of sp³-hybridized carbons (Fsp3) is 0.945. The highest BCUT2D eigenvalue weighted by Gasteiger charge is 2.20. The van der Waals surface area contributed by atoms with Gasteiger partial charge in [-0.15, -0.1) is 0 Å². The molecule has 2 unspecified atom stereocenters. The van der Waals surface area contributed by atoms with E-state index in [0.717, 1.165) is 44.9 Å². The zero-order valence-electron chi connectivity index (χ0n) is 53.9. The number of amides is 1. The average Bonchev–Trinajstić information content (AvgIpc) is 3.45. The highest BCUT2D eigenvalue weighted by Crippen LogP contribution is 2.20. The summed E-state index contributed by atoms with van der Waals surface area (Å²) < 4.78 is 5.47. The molecular weight excluding hydrogens is 971 g/mol. The van der Waals surface area contributed by atoms with Gasteiger partial charge in [0.2, 0.25) is 5.91 Å². The van der Waals surface area contributed by atoms with Crippen molar-refractivity contribution in [3.8, 4) is 0 Å². The van der Waals surface area contributed by atoms with E-state index in [1.807, 2.05) is 0 Å². The Morgan fingerprint density at radius 2 is 0.608 bits per heavy atom. The van der Waals surface area contributed by atoms with Crippen LogP contribution in [0, 0.1) is 0 Å². The van der Waals surface area contributed by atoms with Gasteiger partial charge in [0, 0.05) is 12.8 Å². The van der Waals surface area contributed by atoms with Crippen LogP contribution in [-0.2, 0) is 14.3 Å². The van der Waals surface area contributed by atoms with Crippen LogP contribution < -0.4 is 5.32 Å². The van der Waals surface area contributed by atoms with Gasteiger partial charge in [0.1, 0.15) is 0 Å². The summed E-state index contributed by atoms with van der Waals surface area (Å²) in [4.78, 5) is 24.5. The summed E-state index contributed by atoms with van der Waals surface area (Å²) in [6, 6.07) is -0.536. The van der Waals surface area contributed by atoms with Crippen LogP contribution in [0.3, 0.4) is 0 Å². The Morgan fingerprint density at radius 3 is 0.937 bits per heavy atom. The van der Waals surface area contributed by atoms with E-state index in [4.69, 9.17) is 4.74 Å². The largest absolute Gasteiger partial charge is 0.466 e. The third-order valence-electron chi connectivity index (χ3n) is 17.3. The molecule has 0 saturated carbocycles. The number of aliphatic hydroxyl groups is 2. The van der Waals surface area contributed by atoms with Gasteiger partial charge in [0.15, 0.2) is 0 Å². The number of nitrogens with one attached hydrogen (secondary N) is 1. The molecule has 0 spiro atoms.